The first-order valence-corrected chi connectivity index (χ1v) is 8.08. The van der Waals surface area contributed by atoms with Crippen LogP contribution >= 0.6 is 0 Å². The van der Waals surface area contributed by atoms with Crippen molar-refractivity contribution in [3.05, 3.63) is 29.3 Å². The van der Waals surface area contributed by atoms with Crippen molar-refractivity contribution in [1.29, 1.82) is 0 Å². The molecule has 1 heterocycles. The number of piperidine rings is 1. The Morgan fingerprint density at radius 3 is 2.73 bits per heavy atom. The van der Waals surface area contributed by atoms with Gasteiger partial charge in [0.2, 0.25) is 0 Å². The lowest BCUT2D eigenvalue weighted by molar-refractivity contribution is 0.102. The molecule has 1 fully saturated rings. The highest BCUT2D eigenvalue weighted by Gasteiger charge is 2.15. The number of β-amino-alcohol motifs (C(OH)–C–C–N with tert-alkyl or cyclic N) is 1. The molecule has 1 saturated heterocycles. The molecule has 0 aliphatic carbocycles. The molecule has 5 nitrogen and oxygen atoms in total. The van der Waals surface area contributed by atoms with Gasteiger partial charge in [-0.05, 0) is 57.0 Å². The molecule has 1 aromatic carbocycles. The number of carbonyl (C=O) groups is 1. The third-order valence-corrected chi connectivity index (χ3v) is 4.27. The molecular formula is C17H27N3O2. The third kappa shape index (κ3) is 5.00. The van der Waals surface area contributed by atoms with Gasteiger partial charge in [0, 0.05) is 18.8 Å². The zero-order valence-electron chi connectivity index (χ0n) is 13.6. The number of nitrogens with one attached hydrogen (secondary N) is 2. The fraction of sp³-hybridized carbons (Fsp3) is 0.588. The van der Waals surface area contributed by atoms with Crippen LogP contribution in [0.5, 0.6) is 0 Å². The maximum absolute atomic E-state index is 11.9. The van der Waals surface area contributed by atoms with Crippen molar-refractivity contribution in [2.45, 2.75) is 39.2 Å². The van der Waals surface area contributed by atoms with E-state index in [-0.39, 0.29) is 12.6 Å². The van der Waals surface area contributed by atoms with Gasteiger partial charge in [0.1, 0.15) is 0 Å². The van der Waals surface area contributed by atoms with Gasteiger partial charge in [0.25, 0.3) is 0 Å². The van der Waals surface area contributed by atoms with Crippen LogP contribution < -0.4 is 10.6 Å². The number of nitrogens with zero attached hydrogens (tertiary/aromatic N) is 1. The lowest BCUT2D eigenvalue weighted by Crippen LogP contribution is -2.43. The number of hydrogen-bond acceptors (Lipinski definition) is 3. The minimum Gasteiger partial charge on any atom is -0.390 e. The van der Waals surface area contributed by atoms with Crippen molar-refractivity contribution in [1.82, 2.24) is 10.2 Å². The van der Waals surface area contributed by atoms with Gasteiger partial charge in [-0.25, -0.2) is 4.79 Å². The fourth-order valence-corrected chi connectivity index (χ4v) is 2.77. The van der Waals surface area contributed by atoms with Gasteiger partial charge >= 0.3 is 6.03 Å². The van der Waals surface area contributed by atoms with Crippen LogP contribution in [0, 0.1) is 13.8 Å². The van der Waals surface area contributed by atoms with E-state index in [1.54, 1.807) is 0 Å². The van der Waals surface area contributed by atoms with Gasteiger partial charge in [-0.1, -0.05) is 18.6 Å². The third-order valence-electron chi connectivity index (χ3n) is 4.27. The average molecular weight is 305 g/mol. The summed E-state index contributed by atoms with van der Waals surface area (Å²) in [5, 5.41) is 15.6. The van der Waals surface area contributed by atoms with E-state index in [0.29, 0.717) is 6.54 Å². The zero-order valence-corrected chi connectivity index (χ0v) is 13.6. The minimum atomic E-state index is -0.526. The Bertz CT molecular complexity index is 499. The second-order valence-corrected chi connectivity index (χ2v) is 6.10. The molecule has 1 aliphatic heterocycles. The molecule has 0 spiro atoms. The van der Waals surface area contributed by atoms with Crippen molar-refractivity contribution >= 4 is 11.7 Å². The lowest BCUT2D eigenvalue weighted by Gasteiger charge is -2.28. The number of rotatable bonds is 5. The summed E-state index contributed by atoms with van der Waals surface area (Å²) in [4.78, 5) is 14.2. The number of hydrogen-bond donors (Lipinski definition) is 3. The molecule has 2 amide bonds. The molecule has 3 N–H and O–H groups in total. The quantitative estimate of drug-likeness (QED) is 0.782. The zero-order chi connectivity index (χ0) is 15.9. The maximum atomic E-state index is 11.9. The van der Waals surface area contributed by atoms with E-state index in [2.05, 4.69) is 15.5 Å². The predicted molar refractivity (Wildman–Crippen MR) is 89.2 cm³/mol. The normalized spacial score (nSPS) is 17.0. The number of likely N-dealkylation sites (tertiary alicyclic amines) is 1. The van der Waals surface area contributed by atoms with Gasteiger partial charge in [-0.15, -0.1) is 0 Å². The van der Waals surface area contributed by atoms with Gasteiger partial charge in [0.15, 0.2) is 0 Å². The van der Waals surface area contributed by atoms with Crippen LogP contribution in [0.4, 0.5) is 10.5 Å². The van der Waals surface area contributed by atoms with Crippen molar-refractivity contribution < 1.29 is 9.90 Å². The number of aryl methyl sites for hydroxylation is 1. The van der Waals surface area contributed by atoms with Crippen molar-refractivity contribution in [2.75, 3.05) is 31.5 Å². The van der Waals surface area contributed by atoms with Gasteiger partial charge in [-0.2, -0.15) is 0 Å². The average Bonchev–Trinajstić information content (AvgIpc) is 2.51. The summed E-state index contributed by atoms with van der Waals surface area (Å²) in [6.07, 6.45) is 3.16. The van der Waals surface area contributed by atoms with Crippen LogP contribution in [0.3, 0.4) is 0 Å². The molecule has 1 atom stereocenters. The number of amides is 2. The highest BCUT2D eigenvalue weighted by molar-refractivity contribution is 5.90. The van der Waals surface area contributed by atoms with E-state index < -0.39 is 6.10 Å². The van der Waals surface area contributed by atoms with E-state index in [1.165, 1.54) is 19.3 Å². The standard InChI is InChI=1S/C17H27N3O2/c1-13-7-6-8-16(14(13)2)19-17(22)18-11-15(21)12-20-9-4-3-5-10-20/h6-8,15,21H,3-5,9-12H2,1-2H3,(H2,18,19,22). The number of anilines is 1. The molecule has 122 valence electrons. The Morgan fingerprint density at radius 2 is 2.00 bits per heavy atom. The molecule has 0 saturated carbocycles. The van der Waals surface area contributed by atoms with Crippen LogP contribution in [-0.4, -0.2) is 48.3 Å². The van der Waals surface area contributed by atoms with Crippen molar-refractivity contribution in [3.63, 3.8) is 0 Å². The number of benzene rings is 1. The monoisotopic (exact) mass is 305 g/mol. The van der Waals surface area contributed by atoms with E-state index in [9.17, 15) is 9.90 Å². The first-order chi connectivity index (χ1) is 10.6. The van der Waals surface area contributed by atoms with Crippen LogP contribution in [-0.2, 0) is 0 Å². The van der Waals surface area contributed by atoms with Gasteiger partial charge in [-0.3, -0.25) is 0 Å². The Labute approximate surface area is 132 Å². The highest BCUT2D eigenvalue weighted by atomic mass is 16.3. The van der Waals surface area contributed by atoms with Crippen LogP contribution in [0.15, 0.2) is 18.2 Å². The molecule has 22 heavy (non-hydrogen) atoms. The lowest BCUT2D eigenvalue weighted by atomic mass is 10.1. The molecular weight excluding hydrogens is 278 g/mol. The second-order valence-electron chi connectivity index (χ2n) is 6.10. The predicted octanol–water partition coefficient (Wildman–Crippen LogP) is 2.27. The van der Waals surface area contributed by atoms with E-state index in [1.807, 2.05) is 32.0 Å². The van der Waals surface area contributed by atoms with Gasteiger partial charge in [0.05, 0.1) is 6.10 Å². The van der Waals surface area contributed by atoms with Gasteiger partial charge < -0.3 is 20.6 Å². The highest BCUT2D eigenvalue weighted by Crippen LogP contribution is 2.17. The second kappa shape index (κ2) is 8.15. The Balaban J connectivity index is 1.73. The molecule has 2 rings (SSSR count). The molecule has 0 bridgehead atoms. The summed E-state index contributed by atoms with van der Waals surface area (Å²) in [5.74, 6) is 0. The minimum absolute atomic E-state index is 0.271. The summed E-state index contributed by atoms with van der Waals surface area (Å²) < 4.78 is 0. The first-order valence-electron chi connectivity index (χ1n) is 8.08. The molecule has 0 radical (unpaired) electrons. The first kappa shape index (κ1) is 16.8. The number of urea groups is 1. The van der Waals surface area contributed by atoms with E-state index in [4.69, 9.17) is 0 Å². The number of carbonyl (C=O) groups excluding carboxylic acids is 1. The maximum Gasteiger partial charge on any atom is 0.319 e. The summed E-state index contributed by atoms with van der Waals surface area (Å²) >= 11 is 0. The van der Waals surface area contributed by atoms with Crippen LogP contribution in [0.1, 0.15) is 30.4 Å². The number of aliphatic hydroxyl groups is 1. The van der Waals surface area contributed by atoms with Crippen molar-refractivity contribution in [2.24, 2.45) is 0 Å². The molecule has 1 aromatic rings. The Hall–Kier alpha value is -1.59. The topological polar surface area (TPSA) is 64.6 Å². The number of aliphatic hydroxyl groups excluding tert-OH is 1. The van der Waals surface area contributed by atoms with Crippen LogP contribution in [0.2, 0.25) is 0 Å². The van der Waals surface area contributed by atoms with Crippen molar-refractivity contribution in [3.8, 4) is 0 Å². The summed E-state index contributed by atoms with van der Waals surface area (Å²) in [6, 6.07) is 5.54. The molecule has 1 unspecified atom stereocenters. The molecule has 0 aromatic heterocycles. The smallest absolute Gasteiger partial charge is 0.319 e. The van der Waals surface area contributed by atoms with E-state index in [0.717, 1.165) is 29.9 Å². The largest absolute Gasteiger partial charge is 0.390 e. The molecule has 1 aliphatic rings. The summed E-state index contributed by atoms with van der Waals surface area (Å²) in [7, 11) is 0. The summed E-state index contributed by atoms with van der Waals surface area (Å²) in [5.41, 5.74) is 3.01. The SMILES string of the molecule is Cc1cccc(NC(=O)NCC(O)CN2CCCCC2)c1C. The Kier molecular flexibility index (Phi) is 6.21. The Morgan fingerprint density at radius 1 is 1.27 bits per heavy atom. The van der Waals surface area contributed by atoms with E-state index >= 15 is 0 Å². The molecule has 5 heteroatoms. The summed E-state index contributed by atoms with van der Waals surface area (Å²) in [6.45, 7) is 6.99. The van der Waals surface area contributed by atoms with Crippen LogP contribution in [0.25, 0.3) is 0 Å². The fourth-order valence-electron chi connectivity index (χ4n) is 2.77.